The van der Waals surface area contributed by atoms with E-state index < -0.39 is 0 Å². The predicted octanol–water partition coefficient (Wildman–Crippen LogP) is 1.92. The first-order valence-corrected chi connectivity index (χ1v) is 7.17. The number of rotatable bonds is 8. The lowest BCUT2D eigenvalue weighted by molar-refractivity contribution is 0.0792. The summed E-state index contributed by atoms with van der Waals surface area (Å²) in [7, 11) is 3.61. The molecule has 1 amide bonds. The highest BCUT2D eigenvalue weighted by atomic mass is 16.2. The van der Waals surface area contributed by atoms with Crippen LogP contribution in [-0.4, -0.2) is 48.1 Å². The number of amides is 1. The van der Waals surface area contributed by atoms with Crippen LogP contribution in [0.15, 0.2) is 12.1 Å². The Morgan fingerprint density at radius 3 is 2.70 bits per heavy atom. The highest BCUT2D eigenvalue weighted by Gasteiger charge is 2.13. The minimum absolute atomic E-state index is 0.0163. The molecule has 2 N–H and O–H groups in total. The molecule has 20 heavy (non-hydrogen) atoms. The Morgan fingerprint density at radius 1 is 1.35 bits per heavy atom. The van der Waals surface area contributed by atoms with E-state index in [4.69, 9.17) is 5.11 Å². The van der Waals surface area contributed by atoms with Crippen LogP contribution in [-0.2, 0) is 6.42 Å². The SMILES string of the molecule is CCc1cc(C(=O)N(C)CCCCCO)cc(NC)n1. The molecular formula is C15H25N3O2. The number of nitrogens with zero attached hydrogens (tertiary/aromatic N) is 2. The first-order chi connectivity index (χ1) is 9.62. The van der Waals surface area contributed by atoms with E-state index in [1.807, 2.05) is 20.0 Å². The molecule has 0 atom stereocenters. The van der Waals surface area contributed by atoms with Crippen LogP contribution in [0.1, 0.15) is 42.2 Å². The fourth-order valence-electron chi connectivity index (χ4n) is 1.98. The summed E-state index contributed by atoms with van der Waals surface area (Å²) in [6, 6.07) is 3.64. The number of hydrogen-bond acceptors (Lipinski definition) is 4. The van der Waals surface area contributed by atoms with Crippen LogP contribution in [0, 0.1) is 0 Å². The maximum absolute atomic E-state index is 12.4. The predicted molar refractivity (Wildman–Crippen MR) is 81.1 cm³/mol. The van der Waals surface area contributed by atoms with E-state index in [9.17, 15) is 4.79 Å². The molecule has 0 radical (unpaired) electrons. The average Bonchev–Trinajstić information content (AvgIpc) is 2.49. The summed E-state index contributed by atoms with van der Waals surface area (Å²) in [4.78, 5) is 18.5. The summed E-state index contributed by atoms with van der Waals surface area (Å²) in [6.45, 7) is 2.94. The molecule has 0 aliphatic heterocycles. The Labute approximate surface area is 121 Å². The third kappa shape index (κ3) is 4.81. The number of anilines is 1. The van der Waals surface area contributed by atoms with Gasteiger partial charge >= 0.3 is 0 Å². The summed E-state index contributed by atoms with van der Waals surface area (Å²) < 4.78 is 0. The number of aryl methyl sites for hydroxylation is 1. The van der Waals surface area contributed by atoms with Gasteiger partial charge in [0, 0.05) is 38.5 Å². The summed E-state index contributed by atoms with van der Waals surface area (Å²) in [5, 5.41) is 11.7. The lowest BCUT2D eigenvalue weighted by Gasteiger charge is -2.18. The van der Waals surface area contributed by atoms with Gasteiger partial charge in [-0.2, -0.15) is 0 Å². The number of carbonyl (C=O) groups is 1. The van der Waals surface area contributed by atoms with Crippen molar-refractivity contribution in [3.8, 4) is 0 Å². The molecule has 0 unspecified atom stereocenters. The Morgan fingerprint density at radius 2 is 2.10 bits per heavy atom. The highest BCUT2D eigenvalue weighted by Crippen LogP contribution is 2.13. The van der Waals surface area contributed by atoms with Gasteiger partial charge in [-0.25, -0.2) is 4.98 Å². The van der Waals surface area contributed by atoms with Crippen molar-refractivity contribution in [3.05, 3.63) is 23.4 Å². The van der Waals surface area contributed by atoms with Crippen LogP contribution in [0.3, 0.4) is 0 Å². The van der Waals surface area contributed by atoms with E-state index >= 15 is 0 Å². The van der Waals surface area contributed by atoms with Crippen LogP contribution < -0.4 is 5.32 Å². The molecule has 0 aliphatic rings. The molecule has 0 saturated heterocycles. The summed E-state index contributed by atoms with van der Waals surface area (Å²) in [5.41, 5.74) is 1.58. The summed E-state index contributed by atoms with van der Waals surface area (Å²) in [5.74, 6) is 0.740. The Balaban J connectivity index is 2.70. The standard InChI is InChI=1S/C15H25N3O2/c1-4-13-10-12(11-14(16-2)17-13)15(20)18(3)8-6-5-7-9-19/h10-11,19H,4-9H2,1-3H3,(H,16,17). The van der Waals surface area contributed by atoms with Crippen molar-refractivity contribution in [1.29, 1.82) is 0 Å². The van der Waals surface area contributed by atoms with E-state index in [-0.39, 0.29) is 12.5 Å². The molecular weight excluding hydrogens is 254 g/mol. The molecule has 0 spiro atoms. The number of unbranched alkanes of at least 4 members (excludes halogenated alkanes) is 2. The number of aromatic nitrogens is 1. The van der Waals surface area contributed by atoms with Gasteiger partial charge < -0.3 is 15.3 Å². The normalized spacial score (nSPS) is 10.4. The van der Waals surface area contributed by atoms with Gasteiger partial charge in [0.25, 0.3) is 5.91 Å². The topological polar surface area (TPSA) is 65.5 Å². The van der Waals surface area contributed by atoms with Gasteiger partial charge in [-0.05, 0) is 37.8 Å². The Kier molecular flexibility index (Phi) is 7.01. The number of nitrogens with one attached hydrogen (secondary N) is 1. The number of pyridine rings is 1. The van der Waals surface area contributed by atoms with Crippen LogP contribution in [0.2, 0.25) is 0 Å². The third-order valence-corrected chi connectivity index (χ3v) is 3.24. The first kappa shape index (κ1) is 16.4. The molecule has 5 heteroatoms. The first-order valence-electron chi connectivity index (χ1n) is 7.17. The molecule has 1 aromatic rings. The quantitative estimate of drug-likeness (QED) is 0.714. The van der Waals surface area contributed by atoms with Crippen LogP contribution in [0.25, 0.3) is 0 Å². The maximum Gasteiger partial charge on any atom is 0.253 e. The zero-order valence-electron chi connectivity index (χ0n) is 12.6. The summed E-state index contributed by atoms with van der Waals surface area (Å²) in [6.07, 6.45) is 3.44. The van der Waals surface area contributed by atoms with Crippen molar-refractivity contribution in [2.75, 3.05) is 32.6 Å². The second kappa shape index (κ2) is 8.53. The second-order valence-electron chi connectivity index (χ2n) is 4.85. The number of hydrogen-bond donors (Lipinski definition) is 2. The van der Waals surface area contributed by atoms with Gasteiger partial charge in [0.2, 0.25) is 0 Å². The molecule has 1 heterocycles. The van der Waals surface area contributed by atoms with Crippen molar-refractivity contribution < 1.29 is 9.90 Å². The number of aliphatic hydroxyl groups is 1. The van der Waals surface area contributed by atoms with E-state index in [0.29, 0.717) is 12.1 Å². The van der Waals surface area contributed by atoms with Gasteiger partial charge in [-0.3, -0.25) is 4.79 Å². The molecule has 0 bridgehead atoms. The molecule has 1 aromatic heterocycles. The van der Waals surface area contributed by atoms with Crippen molar-refractivity contribution in [3.63, 3.8) is 0 Å². The number of aliphatic hydroxyl groups excluding tert-OH is 1. The van der Waals surface area contributed by atoms with E-state index in [2.05, 4.69) is 10.3 Å². The zero-order valence-corrected chi connectivity index (χ0v) is 12.6. The van der Waals surface area contributed by atoms with Gasteiger partial charge in [0.1, 0.15) is 5.82 Å². The van der Waals surface area contributed by atoms with Gasteiger partial charge in [0.05, 0.1) is 0 Å². The minimum Gasteiger partial charge on any atom is -0.396 e. The fraction of sp³-hybridized carbons (Fsp3) is 0.600. The summed E-state index contributed by atoms with van der Waals surface area (Å²) >= 11 is 0. The molecule has 1 rings (SSSR count). The van der Waals surface area contributed by atoms with Crippen molar-refractivity contribution >= 4 is 11.7 Å². The number of carbonyl (C=O) groups excluding carboxylic acids is 1. The van der Waals surface area contributed by atoms with E-state index in [0.717, 1.165) is 37.2 Å². The van der Waals surface area contributed by atoms with Gasteiger partial charge in [-0.15, -0.1) is 0 Å². The molecule has 5 nitrogen and oxygen atoms in total. The largest absolute Gasteiger partial charge is 0.396 e. The molecule has 112 valence electrons. The van der Waals surface area contributed by atoms with Crippen LogP contribution >= 0.6 is 0 Å². The highest BCUT2D eigenvalue weighted by molar-refractivity contribution is 5.94. The van der Waals surface area contributed by atoms with Crippen molar-refractivity contribution in [2.24, 2.45) is 0 Å². The van der Waals surface area contributed by atoms with Gasteiger partial charge in [0.15, 0.2) is 0 Å². The Hall–Kier alpha value is -1.62. The molecule has 0 fully saturated rings. The maximum atomic E-state index is 12.4. The zero-order chi connectivity index (χ0) is 15.0. The van der Waals surface area contributed by atoms with Crippen LogP contribution in [0.4, 0.5) is 5.82 Å². The third-order valence-electron chi connectivity index (χ3n) is 3.24. The van der Waals surface area contributed by atoms with Crippen molar-refractivity contribution in [1.82, 2.24) is 9.88 Å². The van der Waals surface area contributed by atoms with Crippen molar-refractivity contribution in [2.45, 2.75) is 32.6 Å². The molecule has 0 aliphatic carbocycles. The monoisotopic (exact) mass is 279 g/mol. The smallest absolute Gasteiger partial charge is 0.253 e. The van der Waals surface area contributed by atoms with E-state index in [1.54, 1.807) is 18.0 Å². The minimum atomic E-state index is 0.0163. The van der Waals surface area contributed by atoms with Gasteiger partial charge in [-0.1, -0.05) is 6.92 Å². The second-order valence-corrected chi connectivity index (χ2v) is 4.85. The lowest BCUT2D eigenvalue weighted by atomic mass is 10.1. The molecule has 0 aromatic carbocycles. The van der Waals surface area contributed by atoms with E-state index in [1.165, 1.54) is 0 Å². The Bertz CT molecular complexity index is 413. The molecule has 0 saturated carbocycles. The lowest BCUT2D eigenvalue weighted by Crippen LogP contribution is -2.28. The average molecular weight is 279 g/mol. The van der Waals surface area contributed by atoms with Crippen LogP contribution in [0.5, 0.6) is 0 Å². The fourth-order valence-corrected chi connectivity index (χ4v) is 1.98.